The highest BCUT2D eigenvalue weighted by Crippen LogP contribution is 1.76. The van der Waals surface area contributed by atoms with Crippen molar-refractivity contribution in [2.45, 2.75) is 0 Å². The van der Waals surface area contributed by atoms with E-state index >= 15 is 0 Å². The minimum atomic E-state index is -1.39. The van der Waals surface area contributed by atoms with Gasteiger partial charge in [-0.1, -0.05) is 6.58 Å². The Hall–Kier alpha value is -1.52. The number of carbonyl (C=O) groups excluding carboxylic acids is 2. The molecule has 0 heterocycles. The molecule has 61 valence electrons. The maximum atomic E-state index is 10.3. The van der Waals surface area contributed by atoms with Gasteiger partial charge in [-0.2, -0.15) is 0 Å². The Balaban J connectivity index is 3.21. The summed E-state index contributed by atoms with van der Waals surface area (Å²) in [5, 5.41) is 11.6. The van der Waals surface area contributed by atoms with Gasteiger partial charge in [0, 0.05) is 6.08 Å². The van der Waals surface area contributed by atoms with Crippen LogP contribution in [0.15, 0.2) is 12.7 Å². The summed E-state index contributed by atoms with van der Waals surface area (Å²) in [6.07, 6.45) is -0.390. The molecule has 0 saturated carbocycles. The lowest BCUT2D eigenvalue weighted by atomic mass is 10.6. The van der Waals surface area contributed by atoms with Gasteiger partial charge in [0.1, 0.15) is 6.61 Å². The van der Waals surface area contributed by atoms with Crippen LogP contribution in [0.25, 0.3) is 0 Å². The van der Waals surface area contributed by atoms with Gasteiger partial charge in [0.25, 0.3) is 0 Å². The van der Waals surface area contributed by atoms with E-state index in [1.54, 1.807) is 0 Å². The van der Waals surface area contributed by atoms with Crippen molar-refractivity contribution >= 4 is 12.1 Å². The van der Waals surface area contributed by atoms with Crippen molar-refractivity contribution in [1.82, 2.24) is 5.32 Å². The van der Waals surface area contributed by atoms with Crippen molar-refractivity contribution in [2.75, 3.05) is 13.2 Å². The summed E-state index contributed by atoms with van der Waals surface area (Å²) in [5.41, 5.74) is 0. The van der Waals surface area contributed by atoms with Crippen LogP contribution in [0, 0.1) is 0 Å². The molecule has 0 spiro atoms. The van der Waals surface area contributed by atoms with E-state index in [0.717, 1.165) is 6.08 Å². The largest absolute Gasteiger partial charge is 0.461 e. The first-order chi connectivity index (χ1) is 5.16. The Labute approximate surface area is 63.7 Å². The summed E-state index contributed by atoms with van der Waals surface area (Å²) in [4.78, 5) is 20.1. The zero-order valence-corrected chi connectivity index (χ0v) is 5.83. The van der Waals surface area contributed by atoms with Crippen LogP contribution in [0.4, 0.5) is 4.79 Å². The Bertz CT molecular complexity index is 166. The molecule has 0 rings (SSSR count). The number of carbonyl (C=O) groups is 2. The summed E-state index contributed by atoms with van der Waals surface area (Å²) in [6, 6.07) is 0. The molecule has 1 radical (unpaired) electrons. The first-order valence-electron chi connectivity index (χ1n) is 2.91. The van der Waals surface area contributed by atoms with Crippen molar-refractivity contribution < 1.29 is 19.4 Å². The predicted octanol–water partition coefficient (Wildman–Crippen LogP) is -0.144. The molecule has 0 aliphatic carbocycles. The van der Waals surface area contributed by atoms with Gasteiger partial charge in [0.05, 0.1) is 6.54 Å². The number of nitrogens with one attached hydrogen (secondary N) is 1. The van der Waals surface area contributed by atoms with Crippen LogP contribution in [-0.2, 0) is 14.6 Å². The topological polar surface area (TPSA) is 75.3 Å². The SMILES string of the molecule is C=CC(=O)OCCNC([O])=O. The number of ether oxygens (including phenoxy) is 1. The van der Waals surface area contributed by atoms with E-state index in [1.807, 2.05) is 5.32 Å². The third-order valence-corrected chi connectivity index (χ3v) is 0.782. The minimum Gasteiger partial charge on any atom is -0.461 e. The van der Waals surface area contributed by atoms with E-state index in [1.165, 1.54) is 0 Å². The van der Waals surface area contributed by atoms with E-state index in [9.17, 15) is 14.7 Å². The van der Waals surface area contributed by atoms with Gasteiger partial charge in [-0.3, -0.25) is 0 Å². The Morgan fingerprint density at radius 2 is 2.18 bits per heavy atom. The maximum absolute atomic E-state index is 10.3. The van der Waals surface area contributed by atoms with E-state index in [2.05, 4.69) is 11.3 Å². The molecule has 1 N–H and O–H groups in total. The van der Waals surface area contributed by atoms with Gasteiger partial charge in [0.2, 0.25) is 0 Å². The lowest BCUT2D eigenvalue weighted by Gasteiger charge is -1.99. The van der Waals surface area contributed by atoms with E-state index in [-0.39, 0.29) is 13.2 Å². The molecule has 0 saturated heterocycles. The second kappa shape index (κ2) is 5.28. The average molecular weight is 158 g/mol. The fraction of sp³-hybridized carbons (Fsp3) is 0.333. The van der Waals surface area contributed by atoms with Gasteiger partial charge in [-0.15, -0.1) is 0 Å². The summed E-state index contributed by atoms with van der Waals surface area (Å²) < 4.78 is 4.43. The lowest BCUT2D eigenvalue weighted by molar-refractivity contribution is -0.137. The third-order valence-electron chi connectivity index (χ3n) is 0.782. The third kappa shape index (κ3) is 6.36. The molecule has 0 fully saturated rings. The molecule has 11 heavy (non-hydrogen) atoms. The Kier molecular flexibility index (Phi) is 4.55. The molecule has 5 nitrogen and oxygen atoms in total. The monoisotopic (exact) mass is 158 g/mol. The number of esters is 1. The molecule has 0 aliphatic heterocycles. The first kappa shape index (κ1) is 9.48. The summed E-state index contributed by atoms with van der Waals surface area (Å²) in [7, 11) is 0. The number of hydrogen-bond donors (Lipinski definition) is 1. The second-order valence-corrected chi connectivity index (χ2v) is 1.59. The fourth-order valence-electron chi connectivity index (χ4n) is 0.364. The summed E-state index contributed by atoms with van der Waals surface area (Å²) >= 11 is 0. The van der Waals surface area contributed by atoms with Crippen molar-refractivity contribution in [3.63, 3.8) is 0 Å². The lowest BCUT2D eigenvalue weighted by Crippen LogP contribution is -2.25. The zero-order valence-electron chi connectivity index (χ0n) is 5.83. The molecule has 0 aromatic heterocycles. The summed E-state index contributed by atoms with van der Waals surface area (Å²) in [6.45, 7) is 3.17. The van der Waals surface area contributed by atoms with E-state index in [4.69, 9.17) is 0 Å². The van der Waals surface area contributed by atoms with Gasteiger partial charge < -0.3 is 10.1 Å². The predicted molar refractivity (Wildman–Crippen MR) is 35.2 cm³/mol. The van der Waals surface area contributed by atoms with E-state index < -0.39 is 12.1 Å². The molecule has 0 bridgehead atoms. The standard InChI is InChI=1S/C6H8NO4/c1-2-5(8)11-4-3-7-6(9)10/h2,7H,1,3-4H2. The van der Waals surface area contributed by atoms with Crippen LogP contribution < -0.4 is 5.32 Å². The average Bonchev–Trinajstić information content (AvgIpc) is 1.97. The highest BCUT2D eigenvalue weighted by Gasteiger charge is 1.97. The summed E-state index contributed by atoms with van der Waals surface area (Å²) in [5.74, 6) is -0.579. The molecule has 1 amide bonds. The van der Waals surface area contributed by atoms with Crippen LogP contribution in [0.1, 0.15) is 0 Å². The normalized spacial score (nSPS) is 8.36. The quantitative estimate of drug-likeness (QED) is 0.351. The van der Waals surface area contributed by atoms with Crippen molar-refractivity contribution in [2.24, 2.45) is 0 Å². The van der Waals surface area contributed by atoms with Crippen molar-refractivity contribution in [3.8, 4) is 0 Å². The molecule has 5 heteroatoms. The van der Waals surface area contributed by atoms with Gasteiger partial charge in [-0.25, -0.2) is 14.7 Å². The highest BCUT2D eigenvalue weighted by atomic mass is 16.5. The molecular formula is C6H8NO4. The highest BCUT2D eigenvalue weighted by molar-refractivity contribution is 5.81. The van der Waals surface area contributed by atoms with E-state index in [0.29, 0.717) is 0 Å². The Morgan fingerprint density at radius 1 is 1.55 bits per heavy atom. The molecular weight excluding hydrogens is 150 g/mol. The maximum Gasteiger partial charge on any atom is 0.450 e. The first-order valence-corrected chi connectivity index (χ1v) is 2.91. The fourth-order valence-corrected chi connectivity index (χ4v) is 0.364. The van der Waals surface area contributed by atoms with Crippen LogP contribution in [0.3, 0.4) is 0 Å². The molecule has 0 aliphatic rings. The van der Waals surface area contributed by atoms with Crippen LogP contribution >= 0.6 is 0 Å². The smallest absolute Gasteiger partial charge is 0.450 e. The van der Waals surface area contributed by atoms with Gasteiger partial charge in [0.15, 0.2) is 0 Å². The minimum absolute atomic E-state index is 0.0150. The molecule has 0 aromatic rings. The number of hydrogen-bond acceptors (Lipinski definition) is 3. The van der Waals surface area contributed by atoms with Crippen molar-refractivity contribution in [3.05, 3.63) is 12.7 Å². The van der Waals surface area contributed by atoms with Gasteiger partial charge in [-0.05, 0) is 0 Å². The molecule has 0 unspecified atom stereocenters. The zero-order chi connectivity index (χ0) is 8.69. The van der Waals surface area contributed by atoms with Crippen LogP contribution in [0.5, 0.6) is 0 Å². The van der Waals surface area contributed by atoms with Crippen LogP contribution in [0.2, 0.25) is 0 Å². The molecule has 0 aromatic carbocycles. The van der Waals surface area contributed by atoms with Crippen molar-refractivity contribution in [1.29, 1.82) is 0 Å². The van der Waals surface area contributed by atoms with Gasteiger partial charge >= 0.3 is 12.1 Å². The number of rotatable bonds is 4. The number of amides is 1. The Morgan fingerprint density at radius 3 is 2.64 bits per heavy atom. The second-order valence-electron chi connectivity index (χ2n) is 1.59. The molecule has 0 atom stereocenters. The van der Waals surface area contributed by atoms with Crippen LogP contribution in [-0.4, -0.2) is 25.2 Å².